The zero-order valence-corrected chi connectivity index (χ0v) is 12.6. The zero-order chi connectivity index (χ0) is 14.0. The lowest BCUT2D eigenvalue weighted by atomic mass is 10.3. The number of rotatable bonds is 3. The Hall–Kier alpha value is -1.11. The van der Waals surface area contributed by atoms with Crippen molar-refractivity contribution in [1.29, 1.82) is 0 Å². The van der Waals surface area contributed by atoms with Gasteiger partial charge in [0.2, 0.25) is 0 Å². The van der Waals surface area contributed by atoms with Crippen molar-refractivity contribution < 1.29 is 12.8 Å². The zero-order valence-electron chi connectivity index (χ0n) is 9.40. The van der Waals surface area contributed by atoms with Gasteiger partial charge in [0, 0.05) is 4.47 Å². The first-order valence-electron chi connectivity index (χ1n) is 5.12. The van der Waals surface area contributed by atoms with Crippen LogP contribution in [0, 0.1) is 5.82 Å². The van der Waals surface area contributed by atoms with Crippen LogP contribution in [-0.2, 0) is 10.0 Å². The van der Waals surface area contributed by atoms with Crippen LogP contribution >= 0.6 is 27.5 Å². The Kier molecular flexibility index (Phi) is 4.13. The van der Waals surface area contributed by atoms with Gasteiger partial charge in [-0.05, 0) is 42.5 Å². The number of hydrogen-bond acceptors (Lipinski definition) is 2. The Morgan fingerprint density at radius 3 is 2.32 bits per heavy atom. The van der Waals surface area contributed by atoms with Gasteiger partial charge in [-0.1, -0.05) is 27.5 Å². The maximum atomic E-state index is 12.8. The first-order valence-corrected chi connectivity index (χ1v) is 7.77. The van der Waals surface area contributed by atoms with Crippen LogP contribution in [0.25, 0.3) is 0 Å². The standard InChI is InChI=1S/C12H8BrClFNO2S/c13-8-1-6-12(11(14)7-8)16-19(17,18)10-4-2-9(15)3-5-10/h1-7,16H. The molecule has 0 bridgehead atoms. The second-order valence-corrected chi connectivity index (χ2v) is 6.69. The molecule has 3 nitrogen and oxygen atoms in total. The summed E-state index contributed by atoms with van der Waals surface area (Å²) in [5.41, 5.74) is 0.259. The molecule has 2 rings (SSSR count). The molecule has 0 spiro atoms. The highest BCUT2D eigenvalue weighted by Crippen LogP contribution is 2.27. The normalized spacial score (nSPS) is 11.3. The van der Waals surface area contributed by atoms with E-state index in [9.17, 15) is 12.8 Å². The predicted octanol–water partition coefficient (Wildman–Crippen LogP) is 4.04. The molecule has 7 heteroatoms. The highest BCUT2D eigenvalue weighted by Gasteiger charge is 2.15. The summed E-state index contributed by atoms with van der Waals surface area (Å²) < 4.78 is 39.9. The number of nitrogens with one attached hydrogen (secondary N) is 1. The van der Waals surface area contributed by atoms with Gasteiger partial charge in [0.25, 0.3) is 10.0 Å². The molecule has 0 heterocycles. The average molecular weight is 365 g/mol. The Morgan fingerprint density at radius 2 is 1.74 bits per heavy atom. The topological polar surface area (TPSA) is 46.2 Å². The van der Waals surface area contributed by atoms with Gasteiger partial charge in [-0.2, -0.15) is 0 Å². The van der Waals surface area contributed by atoms with Gasteiger partial charge in [0.15, 0.2) is 0 Å². The van der Waals surface area contributed by atoms with Crippen molar-refractivity contribution in [3.63, 3.8) is 0 Å². The summed E-state index contributed by atoms with van der Waals surface area (Å²) in [6.07, 6.45) is 0. The van der Waals surface area contributed by atoms with E-state index in [4.69, 9.17) is 11.6 Å². The van der Waals surface area contributed by atoms with E-state index < -0.39 is 15.8 Å². The highest BCUT2D eigenvalue weighted by atomic mass is 79.9. The number of hydrogen-bond donors (Lipinski definition) is 1. The Balaban J connectivity index is 2.33. The van der Waals surface area contributed by atoms with Crippen LogP contribution in [-0.4, -0.2) is 8.42 Å². The summed E-state index contributed by atoms with van der Waals surface area (Å²) in [5, 5.41) is 0.264. The van der Waals surface area contributed by atoms with Crippen molar-refractivity contribution in [2.45, 2.75) is 4.90 Å². The van der Waals surface area contributed by atoms with Crippen molar-refractivity contribution in [3.8, 4) is 0 Å². The average Bonchev–Trinajstić information content (AvgIpc) is 2.33. The molecule has 0 atom stereocenters. The van der Waals surface area contributed by atoms with Gasteiger partial charge in [-0.15, -0.1) is 0 Å². The fraction of sp³-hybridized carbons (Fsp3) is 0. The van der Waals surface area contributed by atoms with E-state index in [1.807, 2.05) is 0 Å². The summed E-state index contributed by atoms with van der Waals surface area (Å²) in [4.78, 5) is -0.0344. The molecule has 0 radical (unpaired) electrons. The minimum Gasteiger partial charge on any atom is -0.278 e. The van der Waals surface area contributed by atoms with Crippen LogP contribution in [0.1, 0.15) is 0 Å². The van der Waals surface area contributed by atoms with Gasteiger partial charge in [-0.3, -0.25) is 4.72 Å². The SMILES string of the molecule is O=S(=O)(Nc1ccc(Br)cc1Cl)c1ccc(F)cc1. The summed E-state index contributed by atoms with van der Waals surface area (Å²) in [6, 6.07) is 9.30. The van der Waals surface area contributed by atoms with E-state index in [1.165, 1.54) is 18.2 Å². The van der Waals surface area contributed by atoms with Crippen LogP contribution in [0.2, 0.25) is 5.02 Å². The molecule has 0 saturated carbocycles. The molecular weight excluding hydrogens is 357 g/mol. The Labute approximate surface area is 123 Å². The number of sulfonamides is 1. The van der Waals surface area contributed by atoms with Crippen molar-refractivity contribution in [3.05, 3.63) is 57.8 Å². The summed E-state index contributed by atoms with van der Waals surface area (Å²) in [7, 11) is -3.78. The summed E-state index contributed by atoms with van der Waals surface area (Å²) in [5.74, 6) is -0.499. The van der Waals surface area contributed by atoms with Gasteiger partial charge >= 0.3 is 0 Å². The van der Waals surface area contributed by atoms with Crippen molar-refractivity contribution in [2.24, 2.45) is 0 Å². The molecule has 0 fully saturated rings. The third-order valence-corrected chi connectivity index (χ3v) is 4.49. The Bertz CT molecular complexity index is 704. The summed E-state index contributed by atoms with van der Waals surface area (Å²) in [6.45, 7) is 0. The molecule has 0 unspecified atom stereocenters. The molecule has 1 N–H and O–H groups in total. The van der Waals surface area contributed by atoms with E-state index in [0.29, 0.717) is 0 Å². The second-order valence-electron chi connectivity index (χ2n) is 3.68. The largest absolute Gasteiger partial charge is 0.278 e. The molecule has 0 amide bonds. The van der Waals surface area contributed by atoms with E-state index >= 15 is 0 Å². The quantitative estimate of drug-likeness (QED) is 0.893. The lowest BCUT2D eigenvalue weighted by Crippen LogP contribution is -2.13. The van der Waals surface area contributed by atoms with Gasteiger partial charge in [0.05, 0.1) is 15.6 Å². The fourth-order valence-corrected chi connectivity index (χ4v) is 3.25. The van der Waals surface area contributed by atoms with Crippen LogP contribution < -0.4 is 4.72 Å². The molecular formula is C12H8BrClFNO2S. The van der Waals surface area contributed by atoms with Crippen molar-refractivity contribution >= 4 is 43.2 Å². The Morgan fingerprint density at radius 1 is 1.11 bits per heavy atom. The maximum Gasteiger partial charge on any atom is 0.261 e. The van der Waals surface area contributed by atoms with Crippen LogP contribution in [0.5, 0.6) is 0 Å². The molecule has 19 heavy (non-hydrogen) atoms. The minimum absolute atomic E-state index is 0.0344. The van der Waals surface area contributed by atoms with Crippen molar-refractivity contribution in [1.82, 2.24) is 0 Å². The smallest absolute Gasteiger partial charge is 0.261 e. The molecule has 2 aromatic carbocycles. The van der Waals surface area contributed by atoms with E-state index in [1.54, 1.807) is 12.1 Å². The lowest BCUT2D eigenvalue weighted by Gasteiger charge is -2.09. The fourth-order valence-electron chi connectivity index (χ4n) is 1.39. The monoisotopic (exact) mass is 363 g/mol. The molecule has 0 saturated heterocycles. The van der Waals surface area contributed by atoms with E-state index in [0.717, 1.165) is 16.6 Å². The minimum atomic E-state index is -3.78. The van der Waals surface area contributed by atoms with E-state index in [-0.39, 0.29) is 15.6 Å². The van der Waals surface area contributed by atoms with Gasteiger partial charge in [-0.25, -0.2) is 12.8 Å². The molecule has 2 aromatic rings. The van der Waals surface area contributed by atoms with E-state index in [2.05, 4.69) is 20.7 Å². The first kappa shape index (κ1) is 14.3. The third kappa shape index (κ3) is 3.46. The van der Waals surface area contributed by atoms with Crippen molar-refractivity contribution in [2.75, 3.05) is 4.72 Å². The second kappa shape index (κ2) is 5.48. The van der Waals surface area contributed by atoms with Crippen LogP contribution in [0.3, 0.4) is 0 Å². The number of anilines is 1. The molecule has 0 aliphatic carbocycles. The summed E-state index contributed by atoms with van der Waals surface area (Å²) >= 11 is 9.16. The van der Waals surface area contributed by atoms with Crippen LogP contribution in [0.4, 0.5) is 10.1 Å². The molecule has 0 aliphatic rings. The first-order chi connectivity index (χ1) is 8.88. The molecule has 0 aromatic heterocycles. The number of benzene rings is 2. The third-order valence-electron chi connectivity index (χ3n) is 2.30. The predicted molar refractivity (Wildman–Crippen MR) is 76.4 cm³/mol. The van der Waals surface area contributed by atoms with Crippen LogP contribution in [0.15, 0.2) is 51.8 Å². The maximum absolute atomic E-state index is 12.8. The van der Waals surface area contributed by atoms with Gasteiger partial charge in [0.1, 0.15) is 5.82 Å². The highest BCUT2D eigenvalue weighted by molar-refractivity contribution is 9.10. The molecule has 100 valence electrons. The number of halogens is 3. The molecule has 0 aliphatic heterocycles. The lowest BCUT2D eigenvalue weighted by molar-refractivity contribution is 0.599. The van der Waals surface area contributed by atoms with Gasteiger partial charge < -0.3 is 0 Å².